The lowest BCUT2D eigenvalue weighted by atomic mass is 10.1. The van der Waals surface area contributed by atoms with Gasteiger partial charge in [-0.1, -0.05) is 6.07 Å². The number of ether oxygens (including phenoxy) is 2. The van der Waals surface area contributed by atoms with Crippen LogP contribution in [0.15, 0.2) is 54.9 Å². The van der Waals surface area contributed by atoms with Crippen molar-refractivity contribution in [3.8, 4) is 23.1 Å². The van der Waals surface area contributed by atoms with E-state index in [1.165, 1.54) is 47.4 Å². The van der Waals surface area contributed by atoms with E-state index in [0.29, 0.717) is 29.5 Å². The molecule has 1 aliphatic carbocycles. The van der Waals surface area contributed by atoms with Crippen LogP contribution >= 0.6 is 0 Å². The van der Waals surface area contributed by atoms with Gasteiger partial charge in [-0.05, 0) is 55.7 Å². The van der Waals surface area contributed by atoms with Gasteiger partial charge in [0.25, 0.3) is 0 Å². The van der Waals surface area contributed by atoms with Crippen molar-refractivity contribution in [1.82, 2.24) is 19.7 Å². The van der Waals surface area contributed by atoms with E-state index in [1.807, 2.05) is 0 Å². The molecule has 16 heteroatoms. The number of aromatic nitrogens is 4. The smallest absolute Gasteiger partial charge is 0.387 e. The molecule has 3 heterocycles. The van der Waals surface area contributed by atoms with E-state index in [1.54, 1.807) is 6.92 Å². The summed E-state index contributed by atoms with van der Waals surface area (Å²) >= 11 is 0. The average Bonchev–Trinajstić information content (AvgIpc) is 3.65. The number of aryl methyl sites for hydroxylation is 1. The van der Waals surface area contributed by atoms with Gasteiger partial charge >= 0.3 is 6.61 Å². The lowest BCUT2D eigenvalue weighted by Gasteiger charge is -2.13. The summed E-state index contributed by atoms with van der Waals surface area (Å²) in [7, 11) is -3.80. The lowest BCUT2D eigenvalue weighted by Crippen LogP contribution is -2.18. The Balaban J connectivity index is 1.28. The molecule has 0 saturated heterocycles. The first-order chi connectivity index (χ1) is 20.9. The second-order valence-electron chi connectivity index (χ2n) is 9.99. The first-order valence-electron chi connectivity index (χ1n) is 13.0. The molecule has 1 saturated carbocycles. The van der Waals surface area contributed by atoms with Gasteiger partial charge in [0, 0.05) is 17.0 Å². The summed E-state index contributed by atoms with van der Waals surface area (Å²) < 4.78 is 92.5. The number of halogens is 4. The molecule has 1 aliphatic rings. The van der Waals surface area contributed by atoms with Crippen molar-refractivity contribution in [3.05, 3.63) is 83.3 Å². The van der Waals surface area contributed by atoms with E-state index < -0.39 is 50.8 Å². The van der Waals surface area contributed by atoms with Crippen LogP contribution in [0.2, 0.25) is 0 Å². The largest absolute Gasteiger partial charge is 0.433 e. The quantitative estimate of drug-likeness (QED) is 0.136. The van der Waals surface area contributed by atoms with Gasteiger partial charge in [0.05, 0.1) is 40.3 Å². The Bertz CT molecular complexity index is 2020. The topological polar surface area (TPSA) is 154 Å². The highest BCUT2D eigenvalue weighted by molar-refractivity contribution is 7.93. The zero-order chi connectivity index (χ0) is 31.3. The number of aromatic amines is 1. The summed E-state index contributed by atoms with van der Waals surface area (Å²) in [6.45, 7) is -1.57. The van der Waals surface area contributed by atoms with Crippen molar-refractivity contribution in [1.29, 1.82) is 0 Å². The zero-order valence-corrected chi connectivity index (χ0v) is 23.5. The molecule has 5 aromatic rings. The van der Waals surface area contributed by atoms with Crippen LogP contribution in [-0.2, 0) is 10.0 Å². The fourth-order valence-corrected chi connectivity index (χ4v) is 5.91. The predicted octanol–water partition coefficient (Wildman–Crippen LogP) is 5.45. The molecule has 228 valence electrons. The first-order valence-corrected chi connectivity index (χ1v) is 14.6. The summed E-state index contributed by atoms with van der Waals surface area (Å²) in [4.78, 5) is 20.4. The Morgan fingerprint density at radius 1 is 1.14 bits per heavy atom. The number of rotatable bonds is 10. The number of sulfonamides is 1. The Morgan fingerprint density at radius 3 is 2.52 bits per heavy atom. The van der Waals surface area contributed by atoms with Gasteiger partial charge in [0.15, 0.2) is 17.4 Å². The van der Waals surface area contributed by atoms with Gasteiger partial charge in [-0.15, -0.1) is 0 Å². The van der Waals surface area contributed by atoms with Crippen LogP contribution in [0.25, 0.3) is 16.6 Å². The number of nitrogens with zero attached hydrogens (tertiary/aromatic N) is 3. The number of carbonyl (C=O) groups excluding carboxylic acids is 1. The maximum Gasteiger partial charge on any atom is 0.387 e. The number of hydrogen-bond donors (Lipinski definition) is 3. The van der Waals surface area contributed by atoms with E-state index in [0.717, 1.165) is 12.1 Å². The van der Waals surface area contributed by atoms with Crippen molar-refractivity contribution >= 4 is 38.2 Å². The van der Waals surface area contributed by atoms with Gasteiger partial charge in [-0.25, -0.2) is 26.9 Å². The molecule has 4 N–H and O–H groups in total. The molecule has 0 aliphatic heterocycles. The molecule has 0 amide bonds. The zero-order valence-electron chi connectivity index (χ0n) is 22.6. The van der Waals surface area contributed by atoms with E-state index >= 15 is 0 Å². The molecule has 11 nitrogen and oxygen atoms in total. The van der Waals surface area contributed by atoms with Crippen LogP contribution in [-0.4, -0.2) is 45.8 Å². The molecule has 0 spiro atoms. The highest BCUT2D eigenvalue weighted by Crippen LogP contribution is 2.37. The molecule has 0 bridgehead atoms. The fraction of sp³-hybridized carbons (Fsp3) is 0.179. The summed E-state index contributed by atoms with van der Waals surface area (Å²) in [6, 6.07) is 8.54. The third-order valence-electron chi connectivity index (χ3n) is 6.86. The van der Waals surface area contributed by atoms with Gasteiger partial charge < -0.3 is 20.2 Å². The SMILES string of the molecule is Cc1cc(Oc2c(F)cccc2F)ncc1-n1ncc(C(=O)c2cc3cc(OC(F)F)c(NS(=O)(=O)C4CC4)cc3[nH]2)c1N. The highest BCUT2D eigenvalue weighted by atomic mass is 32.2. The number of nitrogens with one attached hydrogen (secondary N) is 2. The van der Waals surface area contributed by atoms with Crippen LogP contribution in [0.3, 0.4) is 0 Å². The van der Waals surface area contributed by atoms with Crippen LogP contribution in [0.5, 0.6) is 17.4 Å². The van der Waals surface area contributed by atoms with Gasteiger partial charge in [-0.3, -0.25) is 9.52 Å². The number of pyridine rings is 1. The number of alkyl halides is 2. The number of benzene rings is 2. The molecule has 1 fully saturated rings. The maximum atomic E-state index is 14.0. The van der Waals surface area contributed by atoms with Gasteiger partial charge in [-0.2, -0.15) is 13.9 Å². The van der Waals surface area contributed by atoms with Crippen LogP contribution < -0.4 is 19.9 Å². The molecular weight excluding hydrogens is 608 g/mol. The summed E-state index contributed by atoms with van der Waals surface area (Å²) in [6.07, 6.45) is 3.45. The molecule has 0 radical (unpaired) electrons. The lowest BCUT2D eigenvalue weighted by molar-refractivity contribution is -0.0492. The number of para-hydroxylation sites is 1. The standard InChI is InChI=1S/C28H22F4N6O5S/c1-13-7-24(43-26-17(29)3-2-4-18(26)30)34-12-22(13)38-27(33)16(11-35-38)25(39)21-8-14-9-23(42-28(31)32)20(10-19(14)36-21)37-44(40,41)15-5-6-15/h2-4,7-12,15,28,36-37H,5-6,33H2,1H3. The Labute approximate surface area is 246 Å². The average molecular weight is 631 g/mol. The third-order valence-corrected chi connectivity index (χ3v) is 8.71. The second kappa shape index (κ2) is 10.9. The molecule has 0 unspecified atom stereocenters. The minimum Gasteiger partial charge on any atom is -0.433 e. The minimum atomic E-state index is -3.80. The number of nitrogens with two attached hydrogens (primary N) is 1. The number of fused-ring (bicyclic) bond motifs is 1. The highest BCUT2D eigenvalue weighted by Gasteiger charge is 2.36. The van der Waals surface area contributed by atoms with Crippen molar-refractivity contribution in [2.45, 2.75) is 31.6 Å². The first kappa shape index (κ1) is 29.0. The second-order valence-corrected chi connectivity index (χ2v) is 12.0. The summed E-state index contributed by atoms with van der Waals surface area (Å²) in [5.41, 5.74) is 7.20. The number of hydrogen-bond acceptors (Lipinski definition) is 8. The van der Waals surface area contributed by atoms with Crippen molar-refractivity contribution < 1.29 is 40.2 Å². The predicted molar refractivity (Wildman–Crippen MR) is 151 cm³/mol. The number of anilines is 2. The summed E-state index contributed by atoms with van der Waals surface area (Å²) in [5, 5.41) is 3.87. The molecular formula is C28H22F4N6O5S. The monoisotopic (exact) mass is 630 g/mol. The third kappa shape index (κ3) is 5.50. The van der Waals surface area contributed by atoms with Crippen molar-refractivity contribution in [2.75, 3.05) is 10.5 Å². The van der Waals surface area contributed by atoms with Crippen LogP contribution in [0.1, 0.15) is 34.5 Å². The molecule has 0 atom stereocenters. The van der Waals surface area contributed by atoms with Crippen molar-refractivity contribution in [2.24, 2.45) is 0 Å². The Kier molecular flexibility index (Phi) is 7.15. The molecule has 3 aromatic heterocycles. The number of ketones is 1. The number of nitrogen functional groups attached to an aromatic ring is 1. The van der Waals surface area contributed by atoms with E-state index in [-0.39, 0.29) is 34.2 Å². The molecule has 6 rings (SSSR count). The van der Waals surface area contributed by atoms with E-state index in [4.69, 9.17) is 10.5 Å². The minimum absolute atomic E-state index is 0.0107. The Hall–Kier alpha value is -5.12. The number of H-pyrrole nitrogens is 1. The fourth-order valence-electron chi connectivity index (χ4n) is 4.53. The van der Waals surface area contributed by atoms with Gasteiger partial charge in [0.2, 0.25) is 27.4 Å². The van der Waals surface area contributed by atoms with Crippen LogP contribution in [0.4, 0.5) is 29.1 Å². The van der Waals surface area contributed by atoms with E-state index in [2.05, 4.69) is 24.5 Å². The normalized spacial score (nSPS) is 13.4. The van der Waals surface area contributed by atoms with Crippen LogP contribution in [0, 0.1) is 18.6 Å². The Morgan fingerprint density at radius 2 is 1.86 bits per heavy atom. The molecule has 2 aromatic carbocycles. The summed E-state index contributed by atoms with van der Waals surface area (Å²) in [5.74, 6) is -3.58. The van der Waals surface area contributed by atoms with Gasteiger partial charge in [0.1, 0.15) is 5.82 Å². The van der Waals surface area contributed by atoms with E-state index in [9.17, 15) is 30.8 Å². The number of carbonyl (C=O) groups is 1. The maximum absolute atomic E-state index is 14.0. The van der Waals surface area contributed by atoms with Crippen molar-refractivity contribution in [3.63, 3.8) is 0 Å². The molecule has 44 heavy (non-hydrogen) atoms.